The first-order valence-corrected chi connectivity index (χ1v) is 10.6. The number of ether oxygens (including phenoxy) is 1. The van der Waals surface area contributed by atoms with Crippen molar-refractivity contribution in [1.29, 1.82) is 0 Å². The van der Waals surface area contributed by atoms with Gasteiger partial charge in [0, 0.05) is 19.1 Å². The molecule has 1 atom stereocenters. The fraction of sp³-hybridized carbons (Fsp3) is 0.350. The lowest BCUT2D eigenvalue weighted by atomic mass is 10.1. The second-order valence-corrected chi connectivity index (χ2v) is 8.35. The van der Waals surface area contributed by atoms with Gasteiger partial charge in [0.2, 0.25) is 10.0 Å². The summed E-state index contributed by atoms with van der Waals surface area (Å²) < 4.78 is 31.1. The zero-order valence-electron chi connectivity index (χ0n) is 15.9. The van der Waals surface area contributed by atoms with Crippen molar-refractivity contribution in [2.45, 2.75) is 19.9 Å². The van der Waals surface area contributed by atoms with Crippen LogP contribution in [0.1, 0.15) is 24.1 Å². The predicted octanol–water partition coefficient (Wildman–Crippen LogP) is 2.51. The van der Waals surface area contributed by atoms with Crippen LogP contribution in [-0.4, -0.2) is 44.6 Å². The van der Waals surface area contributed by atoms with Crippen molar-refractivity contribution in [1.82, 2.24) is 9.62 Å². The second kappa shape index (κ2) is 9.53. The van der Waals surface area contributed by atoms with Crippen LogP contribution in [0, 0.1) is 6.92 Å². The SMILES string of the molecule is Cc1ccc(OCC(=O)NCCN(C(C)c2ccccc2)S(C)(=O)=O)cc1. The number of nitrogens with zero attached hydrogens (tertiary/aromatic N) is 1. The first-order valence-electron chi connectivity index (χ1n) is 8.75. The number of hydrogen-bond acceptors (Lipinski definition) is 4. The lowest BCUT2D eigenvalue weighted by molar-refractivity contribution is -0.123. The minimum atomic E-state index is -3.42. The van der Waals surface area contributed by atoms with Gasteiger partial charge >= 0.3 is 0 Å². The molecule has 0 fully saturated rings. The summed E-state index contributed by atoms with van der Waals surface area (Å²) in [7, 11) is -3.42. The highest BCUT2D eigenvalue weighted by Gasteiger charge is 2.24. The van der Waals surface area contributed by atoms with Crippen LogP contribution in [0.3, 0.4) is 0 Å². The normalized spacial score (nSPS) is 12.6. The van der Waals surface area contributed by atoms with Crippen molar-refractivity contribution in [2.75, 3.05) is 26.0 Å². The van der Waals surface area contributed by atoms with Crippen LogP contribution >= 0.6 is 0 Å². The van der Waals surface area contributed by atoms with Gasteiger partial charge < -0.3 is 10.1 Å². The Labute approximate surface area is 161 Å². The molecule has 0 radical (unpaired) electrons. The van der Waals surface area contributed by atoms with Gasteiger partial charge in [0.25, 0.3) is 5.91 Å². The number of nitrogens with one attached hydrogen (secondary N) is 1. The summed E-state index contributed by atoms with van der Waals surface area (Å²) in [5, 5.41) is 2.70. The van der Waals surface area contributed by atoms with E-state index in [-0.39, 0.29) is 31.6 Å². The van der Waals surface area contributed by atoms with E-state index >= 15 is 0 Å². The zero-order chi connectivity index (χ0) is 19.9. The number of aryl methyl sites for hydroxylation is 1. The molecular formula is C20H26N2O4S. The lowest BCUT2D eigenvalue weighted by Crippen LogP contribution is -2.40. The van der Waals surface area contributed by atoms with Crippen molar-refractivity contribution < 1.29 is 17.9 Å². The zero-order valence-corrected chi connectivity index (χ0v) is 16.7. The van der Waals surface area contributed by atoms with Crippen LogP contribution in [0.4, 0.5) is 0 Å². The van der Waals surface area contributed by atoms with Crippen molar-refractivity contribution >= 4 is 15.9 Å². The highest BCUT2D eigenvalue weighted by atomic mass is 32.2. The second-order valence-electron chi connectivity index (χ2n) is 6.41. The molecule has 0 spiro atoms. The number of rotatable bonds is 9. The molecule has 0 saturated heterocycles. The number of amides is 1. The summed E-state index contributed by atoms with van der Waals surface area (Å²) in [5.41, 5.74) is 2.01. The average Bonchev–Trinajstić information content (AvgIpc) is 2.64. The molecule has 7 heteroatoms. The summed E-state index contributed by atoms with van der Waals surface area (Å²) in [6.07, 6.45) is 1.18. The van der Waals surface area contributed by atoms with Gasteiger partial charge in [-0.15, -0.1) is 0 Å². The van der Waals surface area contributed by atoms with E-state index in [1.807, 2.05) is 56.3 Å². The molecule has 2 rings (SSSR count). The molecular weight excluding hydrogens is 364 g/mol. The summed E-state index contributed by atoms with van der Waals surface area (Å²) in [6, 6.07) is 16.5. The van der Waals surface area contributed by atoms with Crippen LogP contribution in [-0.2, 0) is 14.8 Å². The third kappa shape index (κ3) is 6.69. The van der Waals surface area contributed by atoms with Crippen LogP contribution < -0.4 is 10.1 Å². The fourth-order valence-electron chi connectivity index (χ4n) is 2.68. The molecule has 0 aliphatic heterocycles. The fourth-order valence-corrected chi connectivity index (χ4v) is 3.80. The van der Waals surface area contributed by atoms with Gasteiger partial charge in [-0.25, -0.2) is 8.42 Å². The predicted molar refractivity (Wildman–Crippen MR) is 106 cm³/mol. The largest absolute Gasteiger partial charge is 0.484 e. The maximum absolute atomic E-state index is 12.1. The Hall–Kier alpha value is -2.38. The molecule has 0 aromatic heterocycles. The third-order valence-corrected chi connectivity index (χ3v) is 5.54. The number of carbonyl (C=O) groups is 1. The Kier molecular flexibility index (Phi) is 7.38. The Bertz CT molecular complexity index is 836. The maximum Gasteiger partial charge on any atom is 0.257 e. The first-order chi connectivity index (χ1) is 12.8. The molecule has 146 valence electrons. The molecule has 2 aromatic rings. The maximum atomic E-state index is 12.1. The third-order valence-electron chi connectivity index (χ3n) is 4.19. The smallest absolute Gasteiger partial charge is 0.257 e. The topological polar surface area (TPSA) is 75.7 Å². The van der Waals surface area contributed by atoms with Crippen molar-refractivity contribution in [2.24, 2.45) is 0 Å². The number of carbonyl (C=O) groups excluding carboxylic acids is 1. The molecule has 1 N–H and O–H groups in total. The van der Waals surface area contributed by atoms with Gasteiger partial charge in [-0.3, -0.25) is 4.79 Å². The van der Waals surface area contributed by atoms with Gasteiger partial charge in [0.1, 0.15) is 5.75 Å². The molecule has 0 heterocycles. The molecule has 0 bridgehead atoms. The van der Waals surface area contributed by atoms with Gasteiger partial charge in [-0.2, -0.15) is 4.31 Å². The average molecular weight is 391 g/mol. The minimum absolute atomic E-state index is 0.115. The van der Waals surface area contributed by atoms with Crippen LogP contribution in [0.25, 0.3) is 0 Å². The highest BCUT2D eigenvalue weighted by molar-refractivity contribution is 7.88. The molecule has 0 saturated carbocycles. The van der Waals surface area contributed by atoms with Gasteiger partial charge in [0.15, 0.2) is 6.61 Å². The van der Waals surface area contributed by atoms with E-state index in [1.54, 1.807) is 12.1 Å². The summed E-state index contributed by atoms with van der Waals surface area (Å²) in [6.45, 7) is 4.08. The van der Waals surface area contributed by atoms with E-state index in [0.29, 0.717) is 5.75 Å². The van der Waals surface area contributed by atoms with E-state index in [1.165, 1.54) is 10.6 Å². The number of sulfonamides is 1. The van der Waals surface area contributed by atoms with Crippen LogP contribution in [0.5, 0.6) is 5.75 Å². The van der Waals surface area contributed by atoms with Gasteiger partial charge in [0.05, 0.1) is 6.26 Å². The lowest BCUT2D eigenvalue weighted by Gasteiger charge is -2.27. The summed E-state index contributed by atoms with van der Waals surface area (Å²) in [4.78, 5) is 12.0. The summed E-state index contributed by atoms with van der Waals surface area (Å²) >= 11 is 0. The Morgan fingerprint density at radius 3 is 2.33 bits per heavy atom. The molecule has 27 heavy (non-hydrogen) atoms. The van der Waals surface area contributed by atoms with Crippen molar-refractivity contribution in [3.8, 4) is 5.75 Å². The van der Waals surface area contributed by atoms with Gasteiger partial charge in [-0.05, 0) is 31.5 Å². The molecule has 0 aliphatic carbocycles. The first kappa shape index (κ1) is 20.9. The van der Waals surface area contributed by atoms with E-state index in [4.69, 9.17) is 4.74 Å². The standard InChI is InChI=1S/C20H26N2O4S/c1-16-9-11-19(12-10-16)26-15-20(23)21-13-14-22(27(3,24)25)17(2)18-7-5-4-6-8-18/h4-12,17H,13-15H2,1-3H3,(H,21,23). The Balaban J connectivity index is 1.86. The molecule has 0 aliphatic rings. The quantitative estimate of drug-likeness (QED) is 0.714. The van der Waals surface area contributed by atoms with Crippen LogP contribution in [0.2, 0.25) is 0 Å². The number of hydrogen-bond donors (Lipinski definition) is 1. The molecule has 6 nitrogen and oxygen atoms in total. The van der Waals surface area contributed by atoms with Crippen molar-refractivity contribution in [3.05, 3.63) is 65.7 Å². The Morgan fingerprint density at radius 2 is 1.74 bits per heavy atom. The molecule has 1 amide bonds. The summed E-state index contributed by atoms with van der Waals surface area (Å²) in [5.74, 6) is 0.322. The van der Waals surface area contributed by atoms with Crippen molar-refractivity contribution in [3.63, 3.8) is 0 Å². The molecule has 2 aromatic carbocycles. The van der Waals surface area contributed by atoms with E-state index in [9.17, 15) is 13.2 Å². The van der Waals surface area contributed by atoms with E-state index in [2.05, 4.69) is 5.32 Å². The monoisotopic (exact) mass is 390 g/mol. The van der Waals surface area contributed by atoms with Crippen LogP contribution in [0.15, 0.2) is 54.6 Å². The molecule has 1 unspecified atom stereocenters. The minimum Gasteiger partial charge on any atom is -0.484 e. The van der Waals surface area contributed by atoms with Gasteiger partial charge in [-0.1, -0.05) is 48.0 Å². The van der Waals surface area contributed by atoms with E-state index in [0.717, 1.165) is 11.1 Å². The number of benzene rings is 2. The Morgan fingerprint density at radius 1 is 1.11 bits per heavy atom. The van der Waals surface area contributed by atoms with E-state index < -0.39 is 10.0 Å². The highest BCUT2D eigenvalue weighted by Crippen LogP contribution is 2.21.